The number of pyridine rings is 1. The Hall–Kier alpha value is -1.07. The van der Waals surface area contributed by atoms with Crippen LogP contribution in [0.4, 0.5) is 5.69 Å². The molecule has 84 valence electrons. The first-order valence-corrected chi connectivity index (χ1v) is 6.49. The Morgan fingerprint density at radius 3 is 3.06 bits per heavy atom. The van der Waals surface area contributed by atoms with Gasteiger partial charge in [0.1, 0.15) is 0 Å². The van der Waals surface area contributed by atoms with Gasteiger partial charge in [-0.05, 0) is 33.4 Å². The molecule has 2 aromatic heterocycles. The third kappa shape index (κ3) is 2.96. The largest absolute Gasteiger partial charge is 0.476 e. The first-order chi connectivity index (χ1) is 7.75. The zero-order valence-electron chi connectivity index (χ0n) is 8.52. The number of nitrogens with two attached hydrogens (primary N) is 1. The van der Waals surface area contributed by atoms with Crippen LogP contribution >= 0.6 is 27.3 Å². The van der Waals surface area contributed by atoms with Gasteiger partial charge in [-0.25, -0.2) is 4.98 Å². The summed E-state index contributed by atoms with van der Waals surface area (Å²) < 4.78 is 6.37. The van der Waals surface area contributed by atoms with Crippen LogP contribution in [-0.4, -0.2) is 11.6 Å². The molecular weight excluding hydrogens is 288 g/mol. The summed E-state index contributed by atoms with van der Waals surface area (Å²) in [5.74, 6) is 0.500. The maximum atomic E-state index is 5.77. The van der Waals surface area contributed by atoms with E-state index in [1.807, 2.05) is 6.07 Å². The molecule has 0 amide bonds. The van der Waals surface area contributed by atoms with Crippen LogP contribution < -0.4 is 10.5 Å². The lowest BCUT2D eigenvalue weighted by Crippen LogP contribution is -2.04. The molecule has 0 unspecified atom stereocenters. The molecule has 0 spiro atoms. The van der Waals surface area contributed by atoms with E-state index in [-0.39, 0.29) is 0 Å². The minimum atomic E-state index is 0.500. The first kappa shape index (κ1) is 11.4. The molecule has 2 aromatic rings. The Bertz CT molecular complexity index is 459. The molecular formula is C11H11BrN2OS. The van der Waals surface area contributed by atoms with E-state index in [1.165, 1.54) is 4.88 Å². The van der Waals surface area contributed by atoms with Crippen LogP contribution in [0.15, 0.2) is 34.2 Å². The topological polar surface area (TPSA) is 48.1 Å². The molecule has 5 heteroatoms. The average molecular weight is 299 g/mol. The van der Waals surface area contributed by atoms with Crippen LogP contribution in [0.3, 0.4) is 0 Å². The maximum absolute atomic E-state index is 5.77. The van der Waals surface area contributed by atoms with Gasteiger partial charge in [0, 0.05) is 22.0 Å². The molecule has 2 heterocycles. The SMILES string of the molecule is Nc1cc(Br)cnc1OCCc1cccs1. The molecule has 0 radical (unpaired) electrons. The summed E-state index contributed by atoms with van der Waals surface area (Å²) in [6, 6.07) is 5.91. The third-order valence-corrected chi connectivity index (χ3v) is 3.38. The highest BCUT2D eigenvalue weighted by molar-refractivity contribution is 9.10. The monoisotopic (exact) mass is 298 g/mol. The Kier molecular flexibility index (Phi) is 3.79. The van der Waals surface area contributed by atoms with Gasteiger partial charge in [-0.15, -0.1) is 11.3 Å². The van der Waals surface area contributed by atoms with Gasteiger partial charge >= 0.3 is 0 Å². The second-order valence-electron chi connectivity index (χ2n) is 3.23. The van der Waals surface area contributed by atoms with Gasteiger partial charge in [0.05, 0.1) is 12.3 Å². The van der Waals surface area contributed by atoms with Crippen LogP contribution in [0.1, 0.15) is 4.88 Å². The van der Waals surface area contributed by atoms with Crippen molar-refractivity contribution in [3.05, 3.63) is 39.1 Å². The highest BCUT2D eigenvalue weighted by atomic mass is 79.9. The van der Waals surface area contributed by atoms with Crippen molar-refractivity contribution >= 4 is 33.0 Å². The van der Waals surface area contributed by atoms with E-state index in [9.17, 15) is 0 Å². The molecule has 0 aliphatic rings. The van der Waals surface area contributed by atoms with E-state index in [4.69, 9.17) is 10.5 Å². The molecule has 2 rings (SSSR count). The highest BCUT2D eigenvalue weighted by Crippen LogP contribution is 2.22. The second kappa shape index (κ2) is 5.32. The zero-order chi connectivity index (χ0) is 11.4. The van der Waals surface area contributed by atoms with Crippen molar-refractivity contribution in [2.24, 2.45) is 0 Å². The van der Waals surface area contributed by atoms with Gasteiger partial charge < -0.3 is 10.5 Å². The number of hydrogen-bond acceptors (Lipinski definition) is 4. The lowest BCUT2D eigenvalue weighted by atomic mass is 10.3. The Labute approximate surface area is 106 Å². The van der Waals surface area contributed by atoms with Crippen molar-refractivity contribution in [1.82, 2.24) is 4.98 Å². The van der Waals surface area contributed by atoms with Gasteiger partial charge in [0.15, 0.2) is 0 Å². The summed E-state index contributed by atoms with van der Waals surface area (Å²) >= 11 is 5.03. The minimum absolute atomic E-state index is 0.500. The van der Waals surface area contributed by atoms with Crippen LogP contribution in [0, 0.1) is 0 Å². The molecule has 0 saturated heterocycles. The summed E-state index contributed by atoms with van der Waals surface area (Å²) in [6.07, 6.45) is 2.56. The molecule has 2 N–H and O–H groups in total. The molecule has 0 aliphatic carbocycles. The molecule has 0 aliphatic heterocycles. The van der Waals surface area contributed by atoms with Gasteiger partial charge in [-0.3, -0.25) is 0 Å². The van der Waals surface area contributed by atoms with Crippen molar-refractivity contribution in [3.63, 3.8) is 0 Å². The summed E-state index contributed by atoms with van der Waals surface area (Å²) in [5, 5.41) is 2.06. The van der Waals surface area contributed by atoms with Crippen molar-refractivity contribution < 1.29 is 4.74 Å². The maximum Gasteiger partial charge on any atom is 0.237 e. The van der Waals surface area contributed by atoms with Crippen LogP contribution in [0.5, 0.6) is 5.88 Å². The molecule has 16 heavy (non-hydrogen) atoms. The van der Waals surface area contributed by atoms with Gasteiger partial charge in [0.2, 0.25) is 5.88 Å². The smallest absolute Gasteiger partial charge is 0.237 e. The number of nitrogen functional groups attached to an aromatic ring is 1. The Balaban J connectivity index is 1.90. The van der Waals surface area contributed by atoms with Crippen LogP contribution in [0.2, 0.25) is 0 Å². The summed E-state index contributed by atoms with van der Waals surface area (Å²) in [5.41, 5.74) is 6.32. The van der Waals surface area contributed by atoms with E-state index in [2.05, 4.69) is 32.4 Å². The predicted octanol–water partition coefficient (Wildman–Crippen LogP) is 3.11. The van der Waals surface area contributed by atoms with E-state index >= 15 is 0 Å². The van der Waals surface area contributed by atoms with E-state index in [0.29, 0.717) is 18.2 Å². The number of anilines is 1. The Morgan fingerprint density at radius 2 is 2.38 bits per heavy atom. The lowest BCUT2D eigenvalue weighted by molar-refractivity contribution is 0.312. The number of thiophene rings is 1. The van der Waals surface area contributed by atoms with Crippen molar-refractivity contribution in [3.8, 4) is 5.88 Å². The second-order valence-corrected chi connectivity index (χ2v) is 5.17. The Morgan fingerprint density at radius 1 is 1.50 bits per heavy atom. The normalized spacial score (nSPS) is 10.3. The fraction of sp³-hybridized carbons (Fsp3) is 0.182. The quantitative estimate of drug-likeness (QED) is 0.943. The molecule has 0 atom stereocenters. The highest BCUT2D eigenvalue weighted by Gasteiger charge is 2.03. The van der Waals surface area contributed by atoms with E-state index < -0.39 is 0 Å². The number of aromatic nitrogens is 1. The minimum Gasteiger partial charge on any atom is -0.476 e. The predicted molar refractivity (Wildman–Crippen MR) is 69.9 cm³/mol. The first-order valence-electron chi connectivity index (χ1n) is 4.82. The van der Waals surface area contributed by atoms with Crippen molar-refractivity contribution in [2.45, 2.75) is 6.42 Å². The number of halogens is 1. The van der Waals surface area contributed by atoms with Crippen molar-refractivity contribution in [1.29, 1.82) is 0 Å². The summed E-state index contributed by atoms with van der Waals surface area (Å²) in [7, 11) is 0. The van der Waals surface area contributed by atoms with Crippen LogP contribution in [0.25, 0.3) is 0 Å². The van der Waals surface area contributed by atoms with E-state index in [0.717, 1.165) is 10.9 Å². The zero-order valence-corrected chi connectivity index (χ0v) is 10.9. The van der Waals surface area contributed by atoms with Crippen molar-refractivity contribution in [2.75, 3.05) is 12.3 Å². The summed E-state index contributed by atoms with van der Waals surface area (Å²) in [6.45, 7) is 0.597. The van der Waals surface area contributed by atoms with Crippen LogP contribution in [-0.2, 0) is 6.42 Å². The fourth-order valence-electron chi connectivity index (χ4n) is 1.27. The number of ether oxygens (including phenoxy) is 1. The fourth-order valence-corrected chi connectivity index (χ4v) is 2.31. The standard InChI is InChI=1S/C11H11BrN2OS/c12-8-6-10(13)11(14-7-8)15-4-3-9-2-1-5-16-9/h1-2,5-7H,3-4,13H2. The van der Waals surface area contributed by atoms with E-state index in [1.54, 1.807) is 23.6 Å². The molecule has 0 aromatic carbocycles. The van der Waals surface area contributed by atoms with Gasteiger partial charge in [-0.1, -0.05) is 6.07 Å². The molecule has 0 saturated carbocycles. The summed E-state index contributed by atoms with van der Waals surface area (Å²) in [4.78, 5) is 5.41. The number of nitrogens with zero attached hydrogens (tertiary/aromatic N) is 1. The molecule has 3 nitrogen and oxygen atoms in total. The lowest BCUT2D eigenvalue weighted by Gasteiger charge is -2.06. The number of rotatable bonds is 4. The van der Waals surface area contributed by atoms with Gasteiger partial charge in [0.25, 0.3) is 0 Å². The third-order valence-electron chi connectivity index (χ3n) is 2.01. The number of hydrogen-bond donors (Lipinski definition) is 1. The molecule has 0 fully saturated rings. The molecule has 0 bridgehead atoms. The van der Waals surface area contributed by atoms with Gasteiger partial charge in [-0.2, -0.15) is 0 Å². The average Bonchev–Trinajstić information content (AvgIpc) is 2.74.